The first-order chi connectivity index (χ1) is 11.6. The van der Waals surface area contributed by atoms with E-state index in [4.69, 9.17) is 9.47 Å². The zero-order valence-corrected chi connectivity index (χ0v) is 13.7. The van der Waals surface area contributed by atoms with Crippen LogP contribution in [0.1, 0.15) is 29.6 Å². The lowest BCUT2D eigenvalue weighted by molar-refractivity contribution is -0.151. The van der Waals surface area contributed by atoms with Crippen molar-refractivity contribution in [2.75, 3.05) is 33.4 Å². The number of hydrogen-bond acceptors (Lipinski definition) is 5. The van der Waals surface area contributed by atoms with E-state index < -0.39 is 11.9 Å². The van der Waals surface area contributed by atoms with Crippen LogP contribution in [0.2, 0.25) is 0 Å². The van der Waals surface area contributed by atoms with E-state index in [2.05, 4.69) is 5.32 Å². The van der Waals surface area contributed by atoms with Gasteiger partial charge in [-0.1, -0.05) is 12.1 Å². The number of ether oxygens (including phenoxy) is 2. The summed E-state index contributed by atoms with van der Waals surface area (Å²) in [6.45, 7) is 0.829. The standard InChI is InChI=1S/C17H22N2O5/c1-23-14-8-4-3-7-13(14)17(22)18-11-16(21)24-12-15(20)19-9-5-2-6-10-19/h3-4,7-8H,2,5-6,9-12H2,1H3,(H,18,22). The fourth-order valence-corrected chi connectivity index (χ4v) is 2.51. The SMILES string of the molecule is COc1ccccc1C(=O)NCC(=O)OCC(=O)N1CCCCC1. The number of carbonyl (C=O) groups is 3. The van der Waals surface area contributed by atoms with Gasteiger partial charge in [0.15, 0.2) is 6.61 Å². The largest absolute Gasteiger partial charge is 0.496 e. The van der Waals surface area contributed by atoms with Crippen LogP contribution in [0.4, 0.5) is 0 Å². The summed E-state index contributed by atoms with van der Waals surface area (Å²) >= 11 is 0. The molecule has 7 nitrogen and oxygen atoms in total. The monoisotopic (exact) mass is 334 g/mol. The highest BCUT2D eigenvalue weighted by atomic mass is 16.5. The Morgan fingerprint density at radius 1 is 1.12 bits per heavy atom. The predicted octanol–water partition coefficient (Wildman–Crippen LogP) is 0.981. The van der Waals surface area contributed by atoms with Crippen LogP contribution in [0.15, 0.2) is 24.3 Å². The van der Waals surface area contributed by atoms with Crippen LogP contribution in [0.5, 0.6) is 5.75 Å². The fraction of sp³-hybridized carbons (Fsp3) is 0.471. The maximum atomic E-state index is 12.0. The summed E-state index contributed by atoms with van der Waals surface area (Å²) in [7, 11) is 1.46. The summed E-state index contributed by atoms with van der Waals surface area (Å²) in [4.78, 5) is 37.3. The molecular weight excluding hydrogens is 312 g/mol. The third-order valence-corrected chi connectivity index (χ3v) is 3.81. The predicted molar refractivity (Wildman–Crippen MR) is 86.7 cm³/mol. The minimum Gasteiger partial charge on any atom is -0.496 e. The molecule has 0 radical (unpaired) electrons. The van der Waals surface area contributed by atoms with Gasteiger partial charge in [0.2, 0.25) is 0 Å². The highest BCUT2D eigenvalue weighted by Gasteiger charge is 2.18. The molecule has 0 aliphatic carbocycles. The topological polar surface area (TPSA) is 84.9 Å². The number of para-hydroxylation sites is 1. The molecule has 0 bridgehead atoms. The molecule has 24 heavy (non-hydrogen) atoms. The van der Waals surface area contributed by atoms with Gasteiger partial charge in [0, 0.05) is 13.1 Å². The van der Waals surface area contributed by atoms with Gasteiger partial charge in [-0.3, -0.25) is 14.4 Å². The Labute approximate surface area is 140 Å². The molecule has 130 valence electrons. The lowest BCUT2D eigenvalue weighted by atomic mass is 10.1. The van der Waals surface area contributed by atoms with Gasteiger partial charge in [0.1, 0.15) is 12.3 Å². The summed E-state index contributed by atoms with van der Waals surface area (Å²) in [5.41, 5.74) is 0.331. The van der Waals surface area contributed by atoms with Gasteiger partial charge in [-0.05, 0) is 31.4 Å². The summed E-state index contributed by atoms with van der Waals surface area (Å²) in [5, 5.41) is 2.46. The third kappa shape index (κ3) is 4.97. The molecule has 1 aliphatic rings. The minimum absolute atomic E-state index is 0.195. The summed E-state index contributed by atoms with van der Waals surface area (Å²) in [6, 6.07) is 6.70. The maximum Gasteiger partial charge on any atom is 0.325 e. The van der Waals surface area contributed by atoms with E-state index in [-0.39, 0.29) is 19.1 Å². The van der Waals surface area contributed by atoms with Crippen LogP contribution in [-0.2, 0) is 14.3 Å². The second kappa shape index (κ2) is 8.90. The first kappa shape index (κ1) is 17.8. The molecule has 1 aliphatic heterocycles. The molecule has 1 aromatic carbocycles. The first-order valence-corrected chi connectivity index (χ1v) is 7.96. The minimum atomic E-state index is -0.649. The number of nitrogens with zero attached hydrogens (tertiary/aromatic N) is 1. The Morgan fingerprint density at radius 2 is 1.83 bits per heavy atom. The molecule has 1 aromatic rings. The number of rotatable bonds is 6. The lowest BCUT2D eigenvalue weighted by Crippen LogP contribution is -2.39. The van der Waals surface area contributed by atoms with E-state index >= 15 is 0 Å². The second-order valence-corrected chi connectivity index (χ2v) is 5.49. The molecule has 1 N–H and O–H groups in total. The van der Waals surface area contributed by atoms with Gasteiger partial charge in [0.25, 0.3) is 11.8 Å². The van der Waals surface area contributed by atoms with Crippen molar-refractivity contribution in [1.29, 1.82) is 0 Å². The van der Waals surface area contributed by atoms with E-state index in [1.165, 1.54) is 7.11 Å². The van der Waals surface area contributed by atoms with Gasteiger partial charge < -0.3 is 19.7 Å². The van der Waals surface area contributed by atoms with Crippen LogP contribution >= 0.6 is 0 Å². The average molecular weight is 334 g/mol. The molecule has 1 saturated heterocycles. The molecule has 0 unspecified atom stereocenters. The molecule has 2 amide bonds. The number of esters is 1. The van der Waals surface area contributed by atoms with Crippen molar-refractivity contribution in [3.63, 3.8) is 0 Å². The number of amides is 2. The quantitative estimate of drug-likeness (QED) is 0.784. The lowest BCUT2D eigenvalue weighted by Gasteiger charge is -2.26. The van der Waals surface area contributed by atoms with Gasteiger partial charge in [-0.15, -0.1) is 0 Å². The zero-order valence-electron chi connectivity index (χ0n) is 13.7. The molecule has 0 atom stereocenters. The third-order valence-electron chi connectivity index (χ3n) is 3.81. The van der Waals surface area contributed by atoms with Crippen molar-refractivity contribution in [1.82, 2.24) is 10.2 Å². The molecule has 0 saturated carbocycles. The van der Waals surface area contributed by atoms with E-state index in [9.17, 15) is 14.4 Å². The van der Waals surface area contributed by atoms with Gasteiger partial charge in [0.05, 0.1) is 12.7 Å². The van der Waals surface area contributed by atoms with Crippen LogP contribution in [0.3, 0.4) is 0 Å². The van der Waals surface area contributed by atoms with Crippen LogP contribution in [0.25, 0.3) is 0 Å². The normalized spacial score (nSPS) is 14.0. The number of benzene rings is 1. The van der Waals surface area contributed by atoms with Crippen molar-refractivity contribution in [2.45, 2.75) is 19.3 Å². The number of methoxy groups -OCH3 is 1. The highest BCUT2D eigenvalue weighted by molar-refractivity contribution is 5.98. The number of piperidine rings is 1. The first-order valence-electron chi connectivity index (χ1n) is 7.96. The van der Waals surface area contributed by atoms with E-state index in [0.29, 0.717) is 24.4 Å². The number of likely N-dealkylation sites (tertiary alicyclic amines) is 1. The van der Waals surface area contributed by atoms with Crippen molar-refractivity contribution in [3.05, 3.63) is 29.8 Å². The van der Waals surface area contributed by atoms with Crippen LogP contribution in [0, 0.1) is 0 Å². The van der Waals surface area contributed by atoms with Gasteiger partial charge >= 0.3 is 5.97 Å². The highest BCUT2D eigenvalue weighted by Crippen LogP contribution is 2.16. The van der Waals surface area contributed by atoms with Gasteiger partial charge in [-0.25, -0.2) is 0 Å². The fourth-order valence-electron chi connectivity index (χ4n) is 2.51. The van der Waals surface area contributed by atoms with Gasteiger partial charge in [-0.2, -0.15) is 0 Å². The molecule has 2 rings (SSSR count). The van der Waals surface area contributed by atoms with Crippen molar-refractivity contribution >= 4 is 17.8 Å². The van der Waals surface area contributed by atoms with E-state index in [0.717, 1.165) is 19.3 Å². The van der Waals surface area contributed by atoms with Crippen molar-refractivity contribution < 1.29 is 23.9 Å². The molecule has 0 spiro atoms. The van der Waals surface area contributed by atoms with E-state index in [1.807, 2.05) is 0 Å². The number of hydrogen-bond donors (Lipinski definition) is 1. The average Bonchev–Trinajstić information content (AvgIpc) is 2.64. The molecule has 0 aromatic heterocycles. The zero-order chi connectivity index (χ0) is 17.4. The summed E-state index contributed by atoms with van der Waals surface area (Å²) in [5.74, 6) is -0.863. The Balaban J connectivity index is 1.74. The van der Waals surface area contributed by atoms with Crippen molar-refractivity contribution in [3.8, 4) is 5.75 Å². The molecule has 1 fully saturated rings. The van der Waals surface area contributed by atoms with Crippen LogP contribution in [-0.4, -0.2) is 56.0 Å². The van der Waals surface area contributed by atoms with Crippen LogP contribution < -0.4 is 10.1 Å². The molecule has 1 heterocycles. The Kier molecular flexibility index (Phi) is 6.60. The second-order valence-electron chi connectivity index (χ2n) is 5.49. The summed E-state index contributed by atoms with van der Waals surface area (Å²) in [6.07, 6.45) is 3.09. The van der Waals surface area contributed by atoms with E-state index in [1.54, 1.807) is 29.2 Å². The maximum absolute atomic E-state index is 12.0. The smallest absolute Gasteiger partial charge is 0.325 e. The Morgan fingerprint density at radius 3 is 2.54 bits per heavy atom. The Hall–Kier alpha value is -2.57. The summed E-state index contributed by atoms with van der Waals surface area (Å²) < 4.78 is 10.0. The number of carbonyl (C=O) groups excluding carboxylic acids is 3. The number of nitrogens with one attached hydrogen (secondary N) is 1. The molecule has 7 heteroatoms. The van der Waals surface area contributed by atoms with Crippen molar-refractivity contribution in [2.24, 2.45) is 0 Å². The Bertz CT molecular complexity index is 596. The molecular formula is C17H22N2O5.